The molecule has 27 heavy (non-hydrogen) atoms. The van der Waals surface area contributed by atoms with Crippen LogP contribution in [0, 0.1) is 13.8 Å². The Labute approximate surface area is 162 Å². The molecule has 1 aromatic carbocycles. The fourth-order valence-corrected chi connectivity index (χ4v) is 2.81. The molecule has 0 heterocycles. The predicted octanol–water partition coefficient (Wildman–Crippen LogP) is 1.50. The number of carbonyl (C=O) groups excluding carboxylic acids is 3. The van der Waals surface area contributed by atoms with Crippen LogP contribution < -0.4 is 5.32 Å². The van der Waals surface area contributed by atoms with E-state index < -0.39 is 0 Å². The van der Waals surface area contributed by atoms with Crippen LogP contribution in [0.15, 0.2) is 18.2 Å². The number of hydrogen-bond donors (Lipinski definition) is 1. The third-order valence-electron chi connectivity index (χ3n) is 4.48. The molecule has 0 aromatic heterocycles. The van der Waals surface area contributed by atoms with Crippen LogP contribution in [0.3, 0.4) is 0 Å². The number of benzene rings is 1. The molecule has 0 radical (unpaired) electrons. The molecule has 0 saturated carbocycles. The van der Waals surface area contributed by atoms with Crippen LogP contribution in [0.2, 0.25) is 0 Å². The van der Waals surface area contributed by atoms with Gasteiger partial charge < -0.3 is 15.1 Å². The molecule has 0 fully saturated rings. The van der Waals surface area contributed by atoms with E-state index in [4.69, 9.17) is 0 Å². The lowest BCUT2D eigenvalue weighted by molar-refractivity contribution is -0.136. The summed E-state index contributed by atoms with van der Waals surface area (Å²) in [6, 6.07) is 5.80. The maximum Gasteiger partial charge on any atom is 0.243 e. The number of likely N-dealkylation sites (N-methyl/N-ethyl adjacent to an activating group) is 3. The van der Waals surface area contributed by atoms with Gasteiger partial charge in [-0.1, -0.05) is 18.2 Å². The molecule has 0 aliphatic heterocycles. The Bertz CT molecular complexity index is 651. The second-order valence-corrected chi connectivity index (χ2v) is 6.80. The fourth-order valence-electron chi connectivity index (χ4n) is 2.81. The average Bonchev–Trinajstić information content (AvgIpc) is 2.59. The van der Waals surface area contributed by atoms with Crippen LogP contribution in [0.1, 0.15) is 25.0 Å². The van der Waals surface area contributed by atoms with E-state index in [1.165, 1.54) is 4.90 Å². The van der Waals surface area contributed by atoms with Gasteiger partial charge in [-0.25, -0.2) is 0 Å². The highest BCUT2D eigenvalue weighted by Crippen LogP contribution is 2.19. The van der Waals surface area contributed by atoms with Gasteiger partial charge >= 0.3 is 0 Å². The molecule has 7 heteroatoms. The van der Waals surface area contributed by atoms with Crippen molar-refractivity contribution in [3.8, 4) is 0 Å². The lowest BCUT2D eigenvalue weighted by Crippen LogP contribution is -2.44. The summed E-state index contributed by atoms with van der Waals surface area (Å²) < 4.78 is 0. The van der Waals surface area contributed by atoms with Gasteiger partial charge in [0.05, 0.1) is 19.6 Å². The quantitative estimate of drug-likeness (QED) is 0.709. The molecule has 1 aromatic rings. The molecule has 3 amide bonds. The van der Waals surface area contributed by atoms with Crippen LogP contribution >= 0.6 is 0 Å². The van der Waals surface area contributed by atoms with Gasteiger partial charge in [0.25, 0.3) is 0 Å². The summed E-state index contributed by atoms with van der Waals surface area (Å²) in [7, 11) is 3.32. The topological polar surface area (TPSA) is 73.0 Å². The number of nitrogens with one attached hydrogen (secondary N) is 1. The van der Waals surface area contributed by atoms with E-state index >= 15 is 0 Å². The van der Waals surface area contributed by atoms with E-state index in [0.29, 0.717) is 13.1 Å². The first-order valence-corrected chi connectivity index (χ1v) is 9.25. The van der Waals surface area contributed by atoms with Crippen molar-refractivity contribution in [3.05, 3.63) is 29.3 Å². The number of amides is 3. The zero-order valence-corrected chi connectivity index (χ0v) is 17.3. The van der Waals surface area contributed by atoms with Crippen molar-refractivity contribution < 1.29 is 14.4 Å². The molecule has 1 N–H and O–H groups in total. The van der Waals surface area contributed by atoms with Gasteiger partial charge in [-0.05, 0) is 45.9 Å². The van der Waals surface area contributed by atoms with Crippen molar-refractivity contribution in [2.75, 3.05) is 52.1 Å². The van der Waals surface area contributed by atoms with E-state index in [2.05, 4.69) is 5.32 Å². The minimum Gasteiger partial charge on any atom is -0.342 e. The summed E-state index contributed by atoms with van der Waals surface area (Å²) in [6.07, 6.45) is 0. The SMILES string of the molecule is CCN(CC)C(=O)CN(C)CC(=O)N(C)CC(=O)Nc1c(C)cccc1C. The number of rotatable bonds is 9. The summed E-state index contributed by atoms with van der Waals surface area (Å²) in [5, 5.41) is 2.87. The van der Waals surface area contributed by atoms with E-state index in [0.717, 1.165) is 16.8 Å². The molecule has 0 aliphatic carbocycles. The van der Waals surface area contributed by atoms with Crippen molar-refractivity contribution >= 4 is 23.4 Å². The van der Waals surface area contributed by atoms with Gasteiger partial charge in [0, 0.05) is 25.8 Å². The predicted molar refractivity (Wildman–Crippen MR) is 108 cm³/mol. The zero-order chi connectivity index (χ0) is 20.6. The molecule has 150 valence electrons. The van der Waals surface area contributed by atoms with Crippen LogP contribution in [0.5, 0.6) is 0 Å². The molecular weight excluding hydrogens is 344 g/mol. The van der Waals surface area contributed by atoms with Gasteiger partial charge in [-0.3, -0.25) is 19.3 Å². The highest BCUT2D eigenvalue weighted by molar-refractivity contribution is 5.96. The summed E-state index contributed by atoms with van der Waals surface area (Å²) in [4.78, 5) is 41.5. The Morgan fingerprint density at radius 3 is 1.93 bits per heavy atom. The maximum atomic E-state index is 12.3. The van der Waals surface area contributed by atoms with Gasteiger partial charge in [-0.2, -0.15) is 0 Å². The molecule has 0 atom stereocenters. The van der Waals surface area contributed by atoms with Gasteiger partial charge in [0.15, 0.2) is 0 Å². The van der Waals surface area contributed by atoms with E-state index in [1.54, 1.807) is 23.9 Å². The molecule has 0 aliphatic rings. The van der Waals surface area contributed by atoms with Crippen molar-refractivity contribution in [1.82, 2.24) is 14.7 Å². The minimum atomic E-state index is -0.245. The first-order chi connectivity index (χ1) is 12.7. The highest BCUT2D eigenvalue weighted by atomic mass is 16.2. The van der Waals surface area contributed by atoms with E-state index in [1.807, 2.05) is 45.9 Å². The first-order valence-electron chi connectivity index (χ1n) is 9.25. The molecule has 7 nitrogen and oxygen atoms in total. The van der Waals surface area contributed by atoms with Crippen molar-refractivity contribution in [3.63, 3.8) is 0 Å². The Hall–Kier alpha value is -2.41. The third kappa shape index (κ3) is 7.02. The van der Waals surface area contributed by atoms with Crippen LogP contribution in [0.25, 0.3) is 0 Å². The first kappa shape index (κ1) is 22.6. The molecule has 0 bridgehead atoms. The van der Waals surface area contributed by atoms with Gasteiger partial charge in [0.2, 0.25) is 17.7 Å². The summed E-state index contributed by atoms with van der Waals surface area (Å²) >= 11 is 0. The standard InChI is InChI=1S/C20H32N4O3/c1-7-24(8-2)19(27)14-22(5)13-18(26)23(6)12-17(25)21-20-15(3)10-9-11-16(20)4/h9-11H,7-8,12-14H2,1-6H3,(H,21,25). The largest absolute Gasteiger partial charge is 0.342 e. The lowest BCUT2D eigenvalue weighted by Gasteiger charge is -2.24. The minimum absolute atomic E-state index is 0.00859. The molecule has 0 spiro atoms. The number of hydrogen-bond acceptors (Lipinski definition) is 4. The summed E-state index contributed by atoms with van der Waals surface area (Å²) in [6.45, 7) is 9.23. The number of anilines is 1. The van der Waals surface area contributed by atoms with Gasteiger partial charge in [-0.15, -0.1) is 0 Å². The van der Waals surface area contributed by atoms with Crippen LogP contribution in [-0.4, -0.2) is 79.2 Å². The van der Waals surface area contributed by atoms with Gasteiger partial charge in [0.1, 0.15) is 0 Å². The normalized spacial score (nSPS) is 10.6. The van der Waals surface area contributed by atoms with Crippen molar-refractivity contribution in [2.45, 2.75) is 27.7 Å². The fraction of sp³-hybridized carbons (Fsp3) is 0.550. The Morgan fingerprint density at radius 1 is 0.889 bits per heavy atom. The summed E-state index contributed by atoms with van der Waals surface area (Å²) in [5.74, 6) is -0.461. The Balaban J connectivity index is 2.54. The summed E-state index contributed by atoms with van der Waals surface area (Å²) in [5.41, 5.74) is 2.74. The molecule has 1 rings (SSSR count). The van der Waals surface area contributed by atoms with Crippen molar-refractivity contribution in [1.29, 1.82) is 0 Å². The van der Waals surface area contributed by atoms with Crippen molar-refractivity contribution in [2.24, 2.45) is 0 Å². The number of nitrogens with zero attached hydrogens (tertiary/aromatic N) is 3. The molecule has 0 saturated heterocycles. The zero-order valence-electron chi connectivity index (χ0n) is 17.3. The number of carbonyl (C=O) groups is 3. The highest BCUT2D eigenvalue weighted by Gasteiger charge is 2.18. The smallest absolute Gasteiger partial charge is 0.243 e. The monoisotopic (exact) mass is 376 g/mol. The maximum absolute atomic E-state index is 12.3. The van der Waals surface area contributed by atoms with Crippen LogP contribution in [-0.2, 0) is 14.4 Å². The van der Waals surface area contributed by atoms with E-state index in [-0.39, 0.29) is 37.4 Å². The second kappa shape index (κ2) is 10.7. The molecule has 0 unspecified atom stereocenters. The average molecular weight is 377 g/mol. The second-order valence-electron chi connectivity index (χ2n) is 6.80. The van der Waals surface area contributed by atoms with E-state index in [9.17, 15) is 14.4 Å². The van der Waals surface area contributed by atoms with Crippen LogP contribution in [0.4, 0.5) is 5.69 Å². The number of para-hydroxylation sites is 1. The Morgan fingerprint density at radius 2 is 1.41 bits per heavy atom. The Kier molecular flexibility index (Phi) is 8.94. The lowest BCUT2D eigenvalue weighted by atomic mass is 10.1. The number of aryl methyl sites for hydroxylation is 2. The third-order valence-corrected chi connectivity index (χ3v) is 4.48. The molecular formula is C20H32N4O3.